The van der Waals surface area contributed by atoms with Crippen LogP contribution in [0.25, 0.3) is 0 Å². The molecular weight excluding hydrogens is 340 g/mol. The molecule has 0 radical (unpaired) electrons. The second kappa shape index (κ2) is 7.88. The van der Waals surface area contributed by atoms with Gasteiger partial charge in [0.1, 0.15) is 11.6 Å². The van der Waals surface area contributed by atoms with Crippen molar-refractivity contribution in [3.05, 3.63) is 70.2 Å². The maximum absolute atomic E-state index is 13.6. The number of hydrogen-bond acceptors (Lipinski definition) is 3. The lowest BCUT2D eigenvalue weighted by atomic mass is 10.2. The summed E-state index contributed by atoms with van der Waals surface area (Å²) in [5.74, 6) is -2.36. The van der Waals surface area contributed by atoms with Crippen LogP contribution < -0.4 is 0 Å². The largest absolute Gasteiger partial charge is 0.452 e. The first-order valence-corrected chi connectivity index (χ1v) is 7.36. The summed E-state index contributed by atoms with van der Waals surface area (Å²) >= 11 is 5.75. The molecule has 2 rings (SSSR count). The summed E-state index contributed by atoms with van der Waals surface area (Å²) in [7, 11) is 1.47. The minimum Gasteiger partial charge on any atom is -0.452 e. The zero-order valence-electron chi connectivity index (χ0n) is 12.8. The summed E-state index contributed by atoms with van der Waals surface area (Å²) in [4.78, 5) is 25.1. The highest BCUT2D eigenvalue weighted by Crippen LogP contribution is 2.18. The minimum atomic E-state index is -0.840. The number of carbonyl (C=O) groups is 2. The van der Waals surface area contributed by atoms with Gasteiger partial charge in [0.15, 0.2) is 6.61 Å². The van der Waals surface area contributed by atoms with E-state index in [1.165, 1.54) is 24.1 Å². The van der Waals surface area contributed by atoms with Crippen molar-refractivity contribution in [1.82, 2.24) is 4.90 Å². The molecule has 1 amide bonds. The summed E-state index contributed by atoms with van der Waals surface area (Å²) in [6, 6.07) is 9.28. The van der Waals surface area contributed by atoms with Crippen LogP contribution in [0.2, 0.25) is 5.02 Å². The lowest BCUT2D eigenvalue weighted by Crippen LogP contribution is -2.31. The number of benzene rings is 2. The van der Waals surface area contributed by atoms with Gasteiger partial charge in [-0.15, -0.1) is 0 Å². The molecule has 0 fully saturated rings. The van der Waals surface area contributed by atoms with Crippen LogP contribution in [0.5, 0.6) is 0 Å². The highest BCUT2D eigenvalue weighted by Gasteiger charge is 2.17. The summed E-state index contributed by atoms with van der Waals surface area (Å²) in [6.45, 7) is -0.488. The number of ether oxygens (including phenoxy) is 1. The smallest absolute Gasteiger partial charge is 0.340 e. The fourth-order valence-electron chi connectivity index (χ4n) is 1.94. The molecule has 0 atom stereocenters. The van der Waals surface area contributed by atoms with Crippen molar-refractivity contribution in [3.8, 4) is 0 Å². The Hall–Kier alpha value is -2.47. The number of rotatable bonds is 5. The number of nitrogens with zero attached hydrogens (tertiary/aromatic N) is 1. The molecule has 126 valence electrons. The third-order valence-corrected chi connectivity index (χ3v) is 3.58. The first-order chi connectivity index (χ1) is 11.4. The van der Waals surface area contributed by atoms with Gasteiger partial charge in [0.05, 0.1) is 10.6 Å². The average Bonchev–Trinajstić information content (AvgIpc) is 2.54. The van der Waals surface area contributed by atoms with Crippen molar-refractivity contribution in [3.63, 3.8) is 0 Å². The quantitative estimate of drug-likeness (QED) is 0.774. The summed E-state index contributed by atoms with van der Waals surface area (Å²) in [6.07, 6.45) is 0. The lowest BCUT2D eigenvalue weighted by molar-refractivity contribution is -0.133. The Balaban J connectivity index is 1.92. The molecule has 0 N–H and O–H groups in total. The summed E-state index contributed by atoms with van der Waals surface area (Å²) in [5, 5.41) is -0.104. The molecule has 0 unspecified atom stereocenters. The van der Waals surface area contributed by atoms with Crippen LogP contribution in [0.15, 0.2) is 42.5 Å². The lowest BCUT2D eigenvalue weighted by Gasteiger charge is -2.17. The Morgan fingerprint density at radius 3 is 2.54 bits per heavy atom. The van der Waals surface area contributed by atoms with E-state index in [2.05, 4.69) is 0 Å². The van der Waals surface area contributed by atoms with Crippen LogP contribution in [-0.4, -0.2) is 30.4 Å². The number of esters is 1. The van der Waals surface area contributed by atoms with Gasteiger partial charge in [0.25, 0.3) is 5.91 Å². The third kappa shape index (κ3) is 4.52. The molecular formula is C17H14ClF2NO3. The van der Waals surface area contributed by atoms with Crippen LogP contribution in [0.4, 0.5) is 8.78 Å². The fourth-order valence-corrected chi connectivity index (χ4v) is 2.18. The molecule has 24 heavy (non-hydrogen) atoms. The Bertz CT molecular complexity index is 767. The monoisotopic (exact) mass is 353 g/mol. The highest BCUT2D eigenvalue weighted by atomic mass is 35.5. The van der Waals surface area contributed by atoms with Crippen molar-refractivity contribution < 1.29 is 23.1 Å². The zero-order chi connectivity index (χ0) is 17.7. The van der Waals surface area contributed by atoms with Crippen LogP contribution in [0, 0.1) is 11.6 Å². The van der Waals surface area contributed by atoms with E-state index >= 15 is 0 Å². The number of carbonyl (C=O) groups excluding carboxylic acids is 2. The second-order valence-electron chi connectivity index (χ2n) is 5.04. The van der Waals surface area contributed by atoms with Crippen molar-refractivity contribution in [1.29, 1.82) is 0 Å². The Morgan fingerprint density at radius 1 is 1.17 bits per heavy atom. The van der Waals surface area contributed by atoms with E-state index in [0.29, 0.717) is 5.56 Å². The van der Waals surface area contributed by atoms with Crippen LogP contribution in [0.1, 0.15) is 15.9 Å². The van der Waals surface area contributed by atoms with Gasteiger partial charge >= 0.3 is 5.97 Å². The molecule has 0 aromatic heterocycles. The van der Waals surface area contributed by atoms with Gasteiger partial charge in [0, 0.05) is 19.2 Å². The van der Waals surface area contributed by atoms with E-state index in [-0.39, 0.29) is 17.1 Å². The SMILES string of the molecule is CN(Cc1ccccc1F)C(=O)COC(=O)c1ccc(F)cc1Cl. The summed E-state index contributed by atoms with van der Waals surface area (Å²) in [5.41, 5.74) is 0.309. The molecule has 0 spiro atoms. The van der Waals surface area contributed by atoms with E-state index in [1.807, 2.05) is 0 Å². The van der Waals surface area contributed by atoms with Crippen LogP contribution in [-0.2, 0) is 16.1 Å². The molecule has 0 heterocycles. The Kier molecular flexibility index (Phi) is 5.87. The molecule has 7 heteroatoms. The average molecular weight is 354 g/mol. The maximum Gasteiger partial charge on any atom is 0.340 e. The Labute approximate surface area is 142 Å². The molecule has 0 aliphatic heterocycles. The van der Waals surface area contributed by atoms with Crippen molar-refractivity contribution in [2.75, 3.05) is 13.7 Å². The molecule has 2 aromatic rings. The van der Waals surface area contributed by atoms with E-state index in [1.54, 1.807) is 18.2 Å². The highest BCUT2D eigenvalue weighted by molar-refractivity contribution is 6.33. The van der Waals surface area contributed by atoms with Crippen LogP contribution >= 0.6 is 11.6 Å². The molecule has 0 aliphatic rings. The number of amides is 1. The predicted molar refractivity (Wildman–Crippen MR) is 84.6 cm³/mol. The third-order valence-electron chi connectivity index (χ3n) is 3.27. The second-order valence-corrected chi connectivity index (χ2v) is 5.45. The predicted octanol–water partition coefficient (Wildman–Crippen LogP) is 3.43. The molecule has 2 aromatic carbocycles. The number of hydrogen-bond donors (Lipinski definition) is 0. The fraction of sp³-hybridized carbons (Fsp3) is 0.176. The Morgan fingerprint density at radius 2 is 1.88 bits per heavy atom. The molecule has 0 bridgehead atoms. The van der Waals surface area contributed by atoms with E-state index in [0.717, 1.165) is 12.1 Å². The molecule has 0 saturated carbocycles. The van der Waals surface area contributed by atoms with Crippen molar-refractivity contribution in [2.45, 2.75) is 6.54 Å². The zero-order valence-corrected chi connectivity index (χ0v) is 13.5. The van der Waals surface area contributed by atoms with E-state index < -0.39 is 30.1 Å². The van der Waals surface area contributed by atoms with Gasteiger partial charge in [-0.3, -0.25) is 4.79 Å². The van der Waals surface area contributed by atoms with Crippen molar-refractivity contribution >= 4 is 23.5 Å². The maximum atomic E-state index is 13.6. The van der Waals surface area contributed by atoms with Crippen LogP contribution in [0.3, 0.4) is 0 Å². The van der Waals surface area contributed by atoms with Gasteiger partial charge in [-0.2, -0.15) is 0 Å². The number of likely N-dealkylation sites (N-methyl/N-ethyl adjacent to an activating group) is 1. The van der Waals surface area contributed by atoms with Gasteiger partial charge in [0.2, 0.25) is 0 Å². The number of halogens is 3. The normalized spacial score (nSPS) is 10.3. The summed E-state index contributed by atoms with van der Waals surface area (Å²) < 4.78 is 31.4. The molecule has 0 saturated heterocycles. The van der Waals surface area contributed by atoms with Gasteiger partial charge in [-0.25, -0.2) is 13.6 Å². The minimum absolute atomic E-state index is 0.0392. The van der Waals surface area contributed by atoms with Gasteiger partial charge in [-0.1, -0.05) is 29.8 Å². The van der Waals surface area contributed by atoms with E-state index in [9.17, 15) is 18.4 Å². The van der Waals surface area contributed by atoms with E-state index in [4.69, 9.17) is 16.3 Å². The standard InChI is InChI=1S/C17H14ClF2NO3/c1-21(9-11-4-2-3-5-15(11)20)16(22)10-24-17(23)13-7-6-12(19)8-14(13)18/h2-8H,9-10H2,1H3. The topological polar surface area (TPSA) is 46.6 Å². The van der Waals surface area contributed by atoms with Gasteiger partial charge < -0.3 is 9.64 Å². The van der Waals surface area contributed by atoms with Gasteiger partial charge in [-0.05, 0) is 24.3 Å². The first kappa shape index (κ1) is 17.9. The molecule has 0 aliphatic carbocycles. The molecule has 4 nitrogen and oxygen atoms in total. The van der Waals surface area contributed by atoms with Crippen molar-refractivity contribution in [2.24, 2.45) is 0 Å². The first-order valence-electron chi connectivity index (χ1n) is 6.98.